The van der Waals surface area contributed by atoms with Crippen molar-refractivity contribution in [2.45, 2.75) is 12.5 Å². The van der Waals surface area contributed by atoms with E-state index in [2.05, 4.69) is 10.4 Å². The molecule has 98 valence electrons. The quantitative estimate of drug-likeness (QED) is 0.766. The molecule has 1 N–H and O–H groups in total. The molecule has 0 aromatic carbocycles. The van der Waals surface area contributed by atoms with Crippen molar-refractivity contribution in [3.05, 3.63) is 24.0 Å². The van der Waals surface area contributed by atoms with Crippen LogP contribution in [0, 0.1) is 0 Å². The maximum atomic E-state index is 11.6. The maximum Gasteiger partial charge on any atom is 0.244 e. The third-order valence-electron chi connectivity index (χ3n) is 2.73. The number of aryl methyl sites for hydroxylation is 1. The highest BCUT2D eigenvalue weighted by atomic mass is 32.2. The molecule has 7 heteroatoms. The Bertz CT molecular complexity index is 574. The Hall–Kier alpha value is -1.63. The van der Waals surface area contributed by atoms with Gasteiger partial charge in [0.2, 0.25) is 5.91 Å². The standard InChI is InChI=1S/C11H15N3O3S/c1-14-7-9(6-12-14)2-3-11(15)13-10-4-5-18(16,17)8-10/h2-3,6-7,10H,4-5,8H2,1H3,(H,13,15)/b3-2-/t10-/m0/s1. The van der Waals surface area contributed by atoms with Gasteiger partial charge in [0.1, 0.15) is 0 Å². The van der Waals surface area contributed by atoms with Gasteiger partial charge in [-0.15, -0.1) is 0 Å². The van der Waals surface area contributed by atoms with Crippen LogP contribution in [0.1, 0.15) is 12.0 Å². The highest BCUT2D eigenvalue weighted by molar-refractivity contribution is 7.91. The Morgan fingerprint density at radius 3 is 2.94 bits per heavy atom. The molecule has 0 saturated carbocycles. The second-order valence-electron chi connectivity index (χ2n) is 4.39. The molecule has 0 bridgehead atoms. The van der Waals surface area contributed by atoms with Gasteiger partial charge in [-0.2, -0.15) is 5.10 Å². The summed E-state index contributed by atoms with van der Waals surface area (Å²) >= 11 is 0. The molecule has 1 saturated heterocycles. The summed E-state index contributed by atoms with van der Waals surface area (Å²) in [4.78, 5) is 11.6. The van der Waals surface area contributed by atoms with Crippen LogP contribution in [0.15, 0.2) is 18.5 Å². The number of nitrogens with one attached hydrogen (secondary N) is 1. The lowest BCUT2D eigenvalue weighted by Gasteiger charge is -2.07. The van der Waals surface area contributed by atoms with E-state index < -0.39 is 9.84 Å². The molecule has 1 aromatic heterocycles. The van der Waals surface area contributed by atoms with Gasteiger partial charge in [0.25, 0.3) is 0 Å². The summed E-state index contributed by atoms with van der Waals surface area (Å²) in [5.41, 5.74) is 0.826. The SMILES string of the molecule is Cn1cc(/C=C\C(=O)N[C@H]2CCS(=O)(=O)C2)cn1. The Morgan fingerprint density at radius 2 is 2.39 bits per heavy atom. The average Bonchev–Trinajstić information content (AvgIpc) is 2.82. The molecule has 0 radical (unpaired) electrons. The normalized spacial score (nSPS) is 22.4. The van der Waals surface area contributed by atoms with Crippen LogP contribution in [0.2, 0.25) is 0 Å². The number of aromatic nitrogens is 2. The van der Waals surface area contributed by atoms with Crippen LogP contribution >= 0.6 is 0 Å². The first-order chi connectivity index (χ1) is 8.44. The first-order valence-corrected chi connectivity index (χ1v) is 7.44. The average molecular weight is 269 g/mol. The number of sulfone groups is 1. The zero-order valence-electron chi connectivity index (χ0n) is 10.0. The predicted molar refractivity (Wildman–Crippen MR) is 67.4 cm³/mol. The molecule has 2 heterocycles. The van der Waals surface area contributed by atoms with Gasteiger partial charge in [0.05, 0.1) is 17.7 Å². The van der Waals surface area contributed by atoms with Gasteiger partial charge in [-0.1, -0.05) is 0 Å². The molecule has 2 rings (SSSR count). The van der Waals surface area contributed by atoms with Crippen LogP contribution in [0.5, 0.6) is 0 Å². The number of nitrogens with zero attached hydrogens (tertiary/aromatic N) is 2. The van der Waals surface area contributed by atoms with Crippen molar-refractivity contribution in [3.8, 4) is 0 Å². The van der Waals surface area contributed by atoms with Gasteiger partial charge in [-0.3, -0.25) is 9.48 Å². The number of hydrogen-bond donors (Lipinski definition) is 1. The lowest BCUT2D eigenvalue weighted by atomic mass is 10.2. The van der Waals surface area contributed by atoms with Gasteiger partial charge in [0.15, 0.2) is 9.84 Å². The van der Waals surface area contributed by atoms with Crippen LogP contribution in [0.4, 0.5) is 0 Å². The fourth-order valence-electron chi connectivity index (χ4n) is 1.86. The second kappa shape index (κ2) is 4.93. The monoisotopic (exact) mass is 269 g/mol. The van der Waals surface area contributed by atoms with E-state index in [4.69, 9.17) is 0 Å². The van der Waals surface area contributed by atoms with Gasteiger partial charge in [-0.05, 0) is 12.5 Å². The summed E-state index contributed by atoms with van der Waals surface area (Å²) < 4.78 is 24.1. The zero-order valence-corrected chi connectivity index (χ0v) is 10.9. The zero-order chi connectivity index (χ0) is 13.2. The predicted octanol–water partition coefficient (Wildman–Crippen LogP) is -0.263. The fraction of sp³-hybridized carbons (Fsp3) is 0.455. The smallest absolute Gasteiger partial charge is 0.244 e. The van der Waals surface area contributed by atoms with E-state index in [9.17, 15) is 13.2 Å². The van der Waals surface area contributed by atoms with Crippen molar-refractivity contribution in [3.63, 3.8) is 0 Å². The largest absolute Gasteiger partial charge is 0.349 e. The van der Waals surface area contributed by atoms with Gasteiger partial charge in [-0.25, -0.2) is 8.42 Å². The van der Waals surface area contributed by atoms with E-state index in [1.807, 2.05) is 0 Å². The maximum absolute atomic E-state index is 11.6. The van der Waals surface area contributed by atoms with Crippen molar-refractivity contribution in [2.75, 3.05) is 11.5 Å². The molecule has 0 aliphatic carbocycles. The van der Waals surface area contributed by atoms with Crippen LogP contribution in [0.25, 0.3) is 6.08 Å². The van der Waals surface area contributed by atoms with E-state index in [0.717, 1.165) is 5.56 Å². The first-order valence-electron chi connectivity index (χ1n) is 5.62. The summed E-state index contributed by atoms with van der Waals surface area (Å²) in [6, 6.07) is -0.263. The van der Waals surface area contributed by atoms with Crippen molar-refractivity contribution >= 4 is 21.8 Å². The van der Waals surface area contributed by atoms with E-state index in [1.165, 1.54) is 6.08 Å². The summed E-state index contributed by atoms with van der Waals surface area (Å²) in [5, 5.41) is 6.65. The Kier molecular flexibility index (Phi) is 3.51. The molecule has 1 atom stereocenters. The topological polar surface area (TPSA) is 81.1 Å². The minimum Gasteiger partial charge on any atom is -0.349 e. The van der Waals surface area contributed by atoms with Crippen LogP contribution in [-0.2, 0) is 21.7 Å². The molecule has 1 amide bonds. The van der Waals surface area contributed by atoms with Crippen molar-refractivity contribution < 1.29 is 13.2 Å². The molecule has 18 heavy (non-hydrogen) atoms. The number of amides is 1. The van der Waals surface area contributed by atoms with Gasteiger partial charge < -0.3 is 5.32 Å². The molecule has 0 spiro atoms. The molecule has 1 fully saturated rings. The van der Waals surface area contributed by atoms with Crippen LogP contribution < -0.4 is 5.32 Å². The first kappa shape index (κ1) is 12.8. The number of carbonyl (C=O) groups is 1. The fourth-order valence-corrected chi connectivity index (χ4v) is 3.53. The highest BCUT2D eigenvalue weighted by Crippen LogP contribution is 2.11. The van der Waals surface area contributed by atoms with E-state index in [1.54, 1.807) is 30.2 Å². The molecule has 1 aliphatic rings. The lowest BCUT2D eigenvalue weighted by molar-refractivity contribution is -0.116. The Morgan fingerprint density at radius 1 is 1.61 bits per heavy atom. The number of rotatable bonds is 3. The van der Waals surface area contributed by atoms with E-state index >= 15 is 0 Å². The molecular formula is C11H15N3O3S. The summed E-state index contributed by atoms with van der Waals surface area (Å²) in [7, 11) is -1.16. The second-order valence-corrected chi connectivity index (χ2v) is 6.62. The molecule has 0 unspecified atom stereocenters. The minimum atomic E-state index is -2.96. The number of carbonyl (C=O) groups excluding carboxylic acids is 1. The van der Waals surface area contributed by atoms with Crippen molar-refractivity contribution in [2.24, 2.45) is 7.05 Å². The summed E-state index contributed by atoms with van der Waals surface area (Å²) in [5.74, 6) is -0.0787. The van der Waals surface area contributed by atoms with E-state index in [0.29, 0.717) is 6.42 Å². The molecular weight excluding hydrogens is 254 g/mol. The van der Waals surface area contributed by atoms with Gasteiger partial charge in [0, 0.05) is 30.9 Å². The van der Waals surface area contributed by atoms with Crippen LogP contribution in [-0.4, -0.2) is 41.7 Å². The van der Waals surface area contributed by atoms with Crippen LogP contribution in [0.3, 0.4) is 0 Å². The Labute approximate surface area is 106 Å². The molecule has 1 aromatic rings. The summed E-state index contributed by atoms with van der Waals surface area (Å²) in [6.07, 6.45) is 6.95. The number of hydrogen-bond acceptors (Lipinski definition) is 4. The van der Waals surface area contributed by atoms with E-state index in [-0.39, 0.29) is 23.5 Å². The Balaban J connectivity index is 1.88. The highest BCUT2D eigenvalue weighted by Gasteiger charge is 2.28. The minimum absolute atomic E-state index is 0.0411. The molecule has 6 nitrogen and oxygen atoms in total. The molecule has 1 aliphatic heterocycles. The summed E-state index contributed by atoms with van der Waals surface area (Å²) in [6.45, 7) is 0. The van der Waals surface area contributed by atoms with Crippen molar-refractivity contribution in [1.82, 2.24) is 15.1 Å². The van der Waals surface area contributed by atoms with Crippen molar-refractivity contribution in [1.29, 1.82) is 0 Å². The third-order valence-corrected chi connectivity index (χ3v) is 4.50. The van der Waals surface area contributed by atoms with Gasteiger partial charge >= 0.3 is 0 Å². The lowest BCUT2D eigenvalue weighted by Crippen LogP contribution is -2.34. The third kappa shape index (κ3) is 3.43.